The number of hydrogen-bond donors (Lipinski definition) is 0. The molecule has 0 nitrogen and oxygen atoms in total. The summed E-state index contributed by atoms with van der Waals surface area (Å²) in [6, 6.07) is 13.3. The van der Waals surface area contributed by atoms with Crippen molar-refractivity contribution in [2.24, 2.45) is 0 Å². The van der Waals surface area contributed by atoms with Gasteiger partial charge in [-0.25, -0.2) is 0 Å². The Morgan fingerprint density at radius 2 is 1.11 bits per heavy atom. The Hall–Kier alpha value is -0.226. The van der Waals surface area contributed by atoms with Crippen molar-refractivity contribution in [1.29, 1.82) is 0 Å². The Kier molecular flexibility index (Phi) is 8.05. The van der Waals surface area contributed by atoms with E-state index in [1.54, 1.807) is 0 Å². The summed E-state index contributed by atoms with van der Waals surface area (Å²) in [5.74, 6) is 0. The van der Waals surface area contributed by atoms with Crippen LogP contribution in [-0.2, 0) is 17.1 Å². The largest absolute Gasteiger partial charge is 1.00 e. The molecule has 0 amide bonds. The molecule has 2 rings (SSSR count). The molecule has 0 saturated carbocycles. The van der Waals surface area contributed by atoms with E-state index in [1.807, 2.05) is 0 Å². The molecule has 0 unspecified atom stereocenters. The third kappa shape index (κ3) is 4.38. The Bertz CT molecular complexity index is 509. The molecule has 2 radical (unpaired) electrons. The second kappa shape index (κ2) is 8.15. The van der Waals surface area contributed by atoms with Crippen molar-refractivity contribution in [2.45, 2.75) is 27.7 Å². The zero-order chi connectivity index (χ0) is 12.4. The van der Waals surface area contributed by atoms with Gasteiger partial charge in [-0.15, -0.1) is 0 Å². The molecular formula is C16H20CuLiSi. The maximum Gasteiger partial charge on any atom is 1.00 e. The van der Waals surface area contributed by atoms with Crippen LogP contribution < -0.4 is 29.2 Å². The van der Waals surface area contributed by atoms with Crippen molar-refractivity contribution in [3.8, 4) is 0 Å². The molecule has 0 saturated heterocycles. The summed E-state index contributed by atoms with van der Waals surface area (Å²) in [6.45, 7) is 8.87. The summed E-state index contributed by atoms with van der Waals surface area (Å²) in [4.78, 5) is 0. The quantitative estimate of drug-likeness (QED) is 0.651. The third-order valence-corrected chi connectivity index (χ3v) is 5.48. The molecule has 2 aromatic carbocycles. The van der Waals surface area contributed by atoms with Crippen LogP contribution in [-0.4, -0.2) is 9.52 Å². The van der Waals surface area contributed by atoms with Crippen LogP contribution in [0, 0.1) is 27.7 Å². The Morgan fingerprint density at radius 3 is 1.47 bits per heavy atom. The van der Waals surface area contributed by atoms with Gasteiger partial charge in [-0.2, -0.15) is 0 Å². The monoisotopic (exact) mass is 310 g/mol. The summed E-state index contributed by atoms with van der Waals surface area (Å²) >= 11 is 0. The van der Waals surface area contributed by atoms with Gasteiger partial charge in [0.15, 0.2) is 0 Å². The van der Waals surface area contributed by atoms with E-state index in [1.165, 1.54) is 32.6 Å². The van der Waals surface area contributed by atoms with Gasteiger partial charge in [0.05, 0.1) is 0 Å². The maximum atomic E-state index is 2.28. The smallest absolute Gasteiger partial charge is 1.00 e. The van der Waals surface area contributed by atoms with Gasteiger partial charge in [-0.1, -0.05) is 46.8 Å². The van der Waals surface area contributed by atoms with E-state index >= 15 is 0 Å². The molecule has 100 valence electrons. The fraction of sp³-hybridized carbons (Fsp3) is 0.250. The van der Waals surface area contributed by atoms with Crippen LogP contribution in [0.15, 0.2) is 36.4 Å². The Balaban J connectivity index is 0. The zero-order valence-corrected chi connectivity index (χ0v) is 14.4. The minimum absolute atomic E-state index is 0. The SMILES string of the molecule is Cc1cccc([SiH]c2cccc(C)c2C)c1C.[Cu].[H-].[Li+]. The molecule has 0 bridgehead atoms. The predicted octanol–water partition coefficient (Wildman–Crippen LogP) is -0.578. The molecule has 0 N–H and O–H groups in total. The fourth-order valence-electron chi connectivity index (χ4n) is 2.03. The third-order valence-electron chi connectivity index (χ3n) is 3.60. The van der Waals surface area contributed by atoms with Crippen LogP contribution in [0.25, 0.3) is 0 Å². The zero-order valence-electron chi connectivity index (χ0n) is 13.3. The summed E-state index contributed by atoms with van der Waals surface area (Å²) in [6.07, 6.45) is 0. The molecule has 0 fully saturated rings. The van der Waals surface area contributed by atoms with Crippen LogP contribution in [0.2, 0.25) is 0 Å². The molecule has 0 aliphatic rings. The molecule has 19 heavy (non-hydrogen) atoms. The standard InChI is InChI=1S/C16H19Si.Cu.Li.H/c1-11-7-5-9-15(13(11)3)17-16-10-6-8-12(2)14(16)4;;;/h5-10,17H,1-4H3;;;/q;;+1;-1. The first kappa shape index (κ1) is 18.8. The molecule has 0 aliphatic heterocycles. The molecular weight excluding hydrogens is 291 g/mol. The summed E-state index contributed by atoms with van der Waals surface area (Å²) < 4.78 is 0. The van der Waals surface area contributed by atoms with Crippen LogP contribution in [0.3, 0.4) is 0 Å². The number of hydrogen-bond acceptors (Lipinski definition) is 0. The van der Waals surface area contributed by atoms with Crippen molar-refractivity contribution >= 4 is 19.9 Å². The van der Waals surface area contributed by atoms with E-state index in [9.17, 15) is 0 Å². The van der Waals surface area contributed by atoms with Crippen LogP contribution >= 0.6 is 0 Å². The van der Waals surface area contributed by atoms with Crippen molar-refractivity contribution in [3.63, 3.8) is 0 Å². The minimum atomic E-state index is 0. The van der Waals surface area contributed by atoms with Crippen LogP contribution in [0.4, 0.5) is 0 Å². The first-order valence-electron chi connectivity index (χ1n) is 6.07. The maximum absolute atomic E-state index is 2.28. The van der Waals surface area contributed by atoms with E-state index < -0.39 is 0 Å². The van der Waals surface area contributed by atoms with Crippen molar-refractivity contribution < 1.29 is 37.4 Å². The molecule has 0 aromatic heterocycles. The van der Waals surface area contributed by atoms with E-state index in [4.69, 9.17) is 0 Å². The number of aryl methyl sites for hydroxylation is 2. The second-order valence-electron chi connectivity index (χ2n) is 4.72. The Labute approximate surface area is 143 Å². The van der Waals surface area contributed by atoms with Crippen molar-refractivity contribution in [1.82, 2.24) is 0 Å². The minimum Gasteiger partial charge on any atom is -1.00 e. The molecule has 0 atom stereocenters. The van der Waals surface area contributed by atoms with Gasteiger partial charge < -0.3 is 1.43 Å². The number of benzene rings is 2. The van der Waals surface area contributed by atoms with Gasteiger partial charge in [-0.3, -0.25) is 0 Å². The number of rotatable bonds is 2. The topological polar surface area (TPSA) is 0 Å². The average Bonchev–Trinajstić information content (AvgIpc) is 2.31. The van der Waals surface area contributed by atoms with E-state index in [0.717, 1.165) is 0 Å². The Morgan fingerprint density at radius 1 is 0.737 bits per heavy atom. The van der Waals surface area contributed by atoms with Crippen molar-refractivity contribution in [3.05, 3.63) is 58.7 Å². The second-order valence-corrected chi connectivity index (χ2v) is 6.26. The first-order valence-corrected chi connectivity index (χ1v) is 7.22. The van der Waals surface area contributed by atoms with Gasteiger partial charge in [0.1, 0.15) is 9.52 Å². The molecule has 0 aliphatic carbocycles. The van der Waals surface area contributed by atoms with Crippen molar-refractivity contribution in [2.75, 3.05) is 0 Å². The first-order chi connectivity index (χ1) is 8.09. The molecule has 0 heterocycles. The van der Waals surface area contributed by atoms with Crippen LogP contribution in [0.1, 0.15) is 23.7 Å². The summed E-state index contributed by atoms with van der Waals surface area (Å²) in [5.41, 5.74) is 5.73. The van der Waals surface area contributed by atoms with Crippen LogP contribution in [0.5, 0.6) is 0 Å². The molecule has 3 heteroatoms. The van der Waals surface area contributed by atoms with E-state index in [0.29, 0.717) is 0 Å². The van der Waals surface area contributed by atoms with Gasteiger partial charge in [0, 0.05) is 17.1 Å². The van der Waals surface area contributed by atoms with E-state index in [2.05, 4.69) is 64.1 Å². The van der Waals surface area contributed by atoms with Gasteiger partial charge in [0.25, 0.3) is 0 Å². The average molecular weight is 311 g/mol. The summed E-state index contributed by atoms with van der Waals surface area (Å²) in [7, 11) is 0.216. The fourth-order valence-corrected chi connectivity index (χ4v) is 3.67. The summed E-state index contributed by atoms with van der Waals surface area (Å²) in [5, 5.41) is 3.05. The van der Waals surface area contributed by atoms with E-state index in [-0.39, 0.29) is 46.9 Å². The normalized spacial score (nSPS) is 9.47. The molecule has 2 aromatic rings. The van der Waals surface area contributed by atoms with Gasteiger partial charge in [0.2, 0.25) is 0 Å². The van der Waals surface area contributed by atoms with Gasteiger partial charge >= 0.3 is 18.9 Å². The predicted molar refractivity (Wildman–Crippen MR) is 79.4 cm³/mol. The molecule has 0 spiro atoms. The van der Waals surface area contributed by atoms with Gasteiger partial charge in [-0.05, 0) is 49.9 Å².